The average Bonchev–Trinajstić information content (AvgIpc) is 2.46. The Morgan fingerprint density at radius 2 is 1.89 bits per heavy atom. The van der Waals surface area contributed by atoms with Gasteiger partial charge in [-0.3, -0.25) is 0 Å². The Morgan fingerprint density at radius 3 is 2.53 bits per heavy atom. The molecule has 0 unspecified atom stereocenters. The van der Waals surface area contributed by atoms with Gasteiger partial charge in [-0.05, 0) is 18.7 Å². The molecule has 1 fully saturated rings. The number of likely N-dealkylation sites (N-methyl/N-ethyl adjacent to an activating group) is 1. The third-order valence-corrected chi connectivity index (χ3v) is 3.49. The van der Waals surface area contributed by atoms with Gasteiger partial charge < -0.3 is 14.5 Å². The van der Waals surface area contributed by atoms with E-state index in [0.29, 0.717) is 0 Å². The minimum absolute atomic E-state index is 0.177. The molecule has 5 heteroatoms. The maximum atomic E-state index is 8.91. The molecule has 0 aliphatic carbocycles. The first-order valence-electron chi connectivity index (χ1n) is 6.49. The van der Waals surface area contributed by atoms with E-state index < -0.39 is 0 Å². The van der Waals surface area contributed by atoms with Crippen molar-refractivity contribution in [2.75, 3.05) is 46.4 Å². The number of hydrogen-bond donors (Lipinski definition) is 0. The lowest BCUT2D eigenvalue weighted by atomic mass is 10.0. The van der Waals surface area contributed by atoms with Crippen molar-refractivity contribution >= 4 is 0 Å². The van der Waals surface area contributed by atoms with E-state index in [2.05, 4.69) is 16.8 Å². The van der Waals surface area contributed by atoms with Crippen LogP contribution >= 0.6 is 0 Å². The van der Waals surface area contributed by atoms with E-state index in [9.17, 15) is 0 Å². The number of nitrogens with zero attached hydrogens (tertiary/aromatic N) is 4. The molecule has 1 saturated heterocycles. The molecule has 19 heavy (non-hydrogen) atoms. The second-order valence-electron chi connectivity index (χ2n) is 4.84. The maximum absolute atomic E-state index is 8.91. The lowest BCUT2D eigenvalue weighted by Crippen LogP contribution is -2.40. The van der Waals surface area contributed by atoms with Gasteiger partial charge >= 0.3 is 0 Å². The van der Waals surface area contributed by atoms with E-state index >= 15 is 0 Å². The monoisotopic (exact) mass is 258 g/mol. The summed E-state index contributed by atoms with van der Waals surface area (Å²) in [5, 5.41) is 17.8. The molecule has 2 aliphatic heterocycles. The maximum Gasteiger partial charge on any atom is 0.130 e. The first kappa shape index (κ1) is 13.6. The van der Waals surface area contributed by atoms with Gasteiger partial charge in [-0.2, -0.15) is 10.5 Å². The van der Waals surface area contributed by atoms with Crippen LogP contribution in [0.15, 0.2) is 22.9 Å². The summed E-state index contributed by atoms with van der Waals surface area (Å²) in [4.78, 5) is 4.54. The summed E-state index contributed by atoms with van der Waals surface area (Å²) in [6.07, 6.45) is 2.70. The summed E-state index contributed by atoms with van der Waals surface area (Å²) in [6, 6.07) is 3.88. The molecule has 5 nitrogen and oxygen atoms in total. The van der Waals surface area contributed by atoms with Crippen LogP contribution in [-0.4, -0.2) is 56.2 Å². The molecule has 0 N–H and O–H groups in total. The highest BCUT2D eigenvalue weighted by Crippen LogP contribution is 2.23. The average molecular weight is 258 g/mol. The Bertz CT molecular complexity index is 459. The molecule has 0 radical (unpaired) electrons. The van der Waals surface area contributed by atoms with E-state index in [0.717, 1.165) is 51.4 Å². The van der Waals surface area contributed by atoms with Crippen molar-refractivity contribution < 1.29 is 4.74 Å². The Balaban J connectivity index is 2.29. The lowest BCUT2D eigenvalue weighted by molar-refractivity contribution is 0.0497. The van der Waals surface area contributed by atoms with Crippen molar-refractivity contribution in [3.8, 4) is 12.1 Å². The van der Waals surface area contributed by atoms with Crippen LogP contribution in [0, 0.1) is 22.7 Å². The van der Waals surface area contributed by atoms with Gasteiger partial charge in [-0.25, -0.2) is 0 Å². The van der Waals surface area contributed by atoms with Crippen molar-refractivity contribution in [3.05, 3.63) is 22.9 Å². The van der Waals surface area contributed by atoms with Crippen molar-refractivity contribution in [2.24, 2.45) is 0 Å². The molecule has 0 atom stereocenters. The summed E-state index contributed by atoms with van der Waals surface area (Å²) in [5.41, 5.74) is 2.54. The molecule has 0 saturated carbocycles. The number of rotatable bonds is 2. The molecular formula is C14H18N4O. The number of nitriles is 2. The fraction of sp³-hybridized carbons (Fsp3) is 0.571. The predicted octanol–water partition coefficient (Wildman–Crippen LogP) is 0.882. The van der Waals surface area contributed by atoms with Gasteiger partial charge in [-0.1, -0.05) is 0 Å². The fourth-order valence-electron chi connectivity index (χ4n) is 2.51. The number of hydrogen-bond acceptors (Lipinski definition) is 5. The molecule has 0 spiro atoms. The Hall–Kier alpha value is -1.82. The van der Waals surface area contributed by atoms with Crippen molar-refractivity contribution in [1.29, 1.82) is 10.5 Å². The fourth-order valence-corrected chi connectivity index (χ4v) is 2.51. The SMILES string of the molecule is CN1CCC(N2CCOCC2)=C(C=C(C#N)C#N)C1. The summed E-state index contributed by atoms with van der Waals surface area (Å²) in [5.74, 6) is 0. The smallest absolute Gasteiger partial charge is 0.130 e. The van der Waals surface area contributed by atoms with Crippen LogP contribution in [0.2, 0.25) is 0 Å². The summed E-state index contributed by atoms with van der Waals surface area (Å²) in [7, 11) is 2.06. The Morgan fingerprint density at radius 1 is 1.21 bits per heavy atom. The van der Waals surface area contributed by atoms with Gasteiger partial charge in [0.25, 0.3) is 0 Å². The molecule has 0 aromatic rings. The first-order chi connectivity index (χ1) is 9.24. The molecule has 0 bridgehead atoms. The van der Waals surface area contributed by atoms with E-state index in [4.69, 9.17) is 15.3 Å². The summed E-state index contributed by atoms with van der Waals surface area (Å²) >= 11 is 0. The summed E-state index contributed by atoms with van der Waals surface area (Å²) < 4.78 is 5.38. The minimum atomic E-state index is 0.177. The van der Waals surface area contributed by atoms with E-state index in [1.165, 1.54) is 5.70 Å². The van der Waals surface area contributed by atoms with E-state index in [1.807, 2.05) is 12.1 Å². The van der Waals surface area contributed by atoms with E-state index in [-0.39, 0.29) is 5.57 Å². The Kier molecular flexibility index (Phi) is 4.57. The van der Waals surface area contributed by atoms with Gasteiger partial charge in [0.15, 0.2) is 0 Å². The Labute approximate surface area is 114 Å². The second-order valence-corrected chi connectivity index (χ2v) is 4.84. The molecule has 100 valence electrons. The molecule has 2 aliphatic rings. The van der Waals surface area contributed by atoms with Crippen molar-refractivity contribution in [2.45, 2.75) is 6.42 Å². The van der Waals surface area contributed by atoms with Gasteiger partial charge in [0, 0.05) is 38.3 Å². The topological polar surface area (TPSA) is 63.3 Å². The van der Waals surface area contributed by atoms with Crippen LogP contribution in [0.1, 0.15) is 6.42 Å². The molecule has 0 amide bonds. The standard InChI is InChI=1S/C14H18N4O/c1-17-3-2-14(18-4-6-19-7-5-18)13(11-17)8-12(9-15)10-16/h8H,2-7,11H2,1H3. The quantitative estimate of drug-likeness (QED) is 0.688. The molecule has 0 aromatic heterocycles. The van der Waals surface area contributed by atoms with Crippen LogP contribution in [0.3, 0.4) is 0 Å². The van der Waals surface area contributed by atoms with Gasteiger partial charge in [-0.15, -0.1) is 0 Å². The zero-order chi connectivity index (χ0) is 13.7. The first-order valence-corrected chi connectivity index (χ1v) is 6.49. The third kappa shape index (κ3) is 3.35. The predicted molar refractivity (Wildman–Crippen MR) is 70.8 cm³/mol. The van der Waals surface area contributed by atoms with E-state index in [1.54, 1.807) is 6.08 Å². The summed E-state index contributed by atoms with van der Waals surface area (Å²) in [6.45, 7) is 5.09. The lowest BCUT2D eigenvalue weighted by Gasteiger charge is -2.36. The molecule has 0 aromatic carbocycles. The zero-order valence-electron chi connectivity index (χ0n) is 11.2. The normalized spacial score (nSPS) is 20.7. The highest BCUT2D eigenvalue weighted by Gasteiger charge is 2.21. The van der Waals surface area contributed by atoms with Crippen molar-refractivity contribution in [3.63, 3.8) is 0 Å². The van der Waals surface area contributed by atoms with Crippen LogP contribution in [-0.2, 0) is 4.74 Å². The van der Waals surface area contributed by atoms with Gasteiger partial charge in [0.1, 0.15) is 17.7 Å². The minimum Gasteiger partial charge on any atom is -0.378 e. The van der Waals surface area contributed by atoms with Crippen LogP contribution in [0.4, 0.5) is 0 Å². The molecular weight excluding hydrogens is 240 g/mol. The van der Waals surface area contributed by atoms with Gasteiger partial charge in [0.2, 0.25) is 0 Å². The third-order valence-electron chi connectivity index (χ3n) is 3.49. The highest BCUT2D eigenvalue weighted by atomic mass is 16.5. The molecule has 2 heterocycles. The molecule has 2 rings (SSSR count). The number of ether oxygens (including phenoxy) is 1. The largest absolute Gasteiger partial charge is 0.378 e. The van der Waals surface area contributed by atoms with Crippen molar-refractivity contribution in [1.82, 2.24) is 9.80 Å². The second kappa shape index (κ2) is 6.38. The zero-order valence-corrected chi connectivity index (χ0v) is 11.2. The van der Waals surface area contributed by atoms with Crippen LogP contribution in [0.25, 0.3) is 0 Å². The number of allylic oxidation sites excluding steroid dienone is 1. The number of morpholine rings is 1. The van der Waals surface area contributed by atoms with Crippen LogP contribution in [0.5, 0.6) is 0 Å². The highest BCUT2D eigenvalue weighted by molar-refractivity contribution is 5.43. The van der Waals surface area contributed by atoms with Gasteiger partial charge in [0.05, 0.1) is 13.2 Å². The van der Waals surface area contributed by atoms with Crippen LogP contribution < -0.4 is 0 Å².